The topological polar surface area (TPSA) is 94.5 Å². The molecule has 2 rings (SSSR count). The number of aromatic nitrogens is 2. The van der Waals surface area contributed by atoms with Gasteiger partial charge in [0.1, 0.15) is 10.7 Å². The molecule has 8 nitrogen and oxygen atoms in total. The number of nitrogens with zero attached hydrogens (tertiary/aromatic N) is 2. The maximum Gasteiger partial charge on any atom is 0.276 e. The molecule has 152 valence electrons. The molecule has 1 aromatic carbocycles. The maximum atomic E-state index is 12.4. The van der Waals surface area contributed by atoms with E-state index in [4.69, 9.17) is 21.1 Å². The summed E-state index contributed by atoms with van der Waals surface area (Å²) < 4.78 is 12.5. The summed E-state index contributed by atoms with van der Waals surface area (Å²) in [6, 6.07) is 7.03. The molecule has 1 aromatic heterocycles. The van der Waals surface area contributed by atoms with Crippen molar-refractivity contribution in [1.82, 2.24) is 20.6 Å². The molecule has 0 saturated heterocycles. The number of benzene rings is 1. The van der Waals surface area contributed by atoms with Gasteiger partial charge in [0.25, 0.3) is 11.8 Å². The Hall–Kier alpha value is -2.74. The van der Waals surface area contributed by atoms with Crippen molar-refractivity contribution in [3.8, 4) is 11.5 Å². The first-order valence-corrected chi connectivity index (χ1v) is 9.38. The molecule has 0 aliphatic carbocycles. The summed E-state index contributed by atoms with van der Waals surface area (Å²) in [6.07, 6.45) is 0. The third-order valence-electron chi connectivity index (χ3n) is 3.65. The molecule has 0 unspecified atom stereocenters. The van der Waals surface area contributed by atoms with Gasteiger partial charge in [-0.1, -0.05) is 37.6 Å². The Morgan fingerprint density at radius 2 is 1.82 bits per heavy atom. The summed E-state index contributed by atoms with van der Waals surface area (Å²) in [5.41, 5.74) is 5.36. The molecule has 0 spiro atoms. The van der Waals surface area contributed by atoms with Crippen LogP contribution in [0.4, 0.5) is 0 Å². The van der Waals surface area contributed by atoms with E-state index in [9.17, 15) is 9.59 Å². The Labute approximate surface area is 169 Å². The Morgan fingerprint density at radius 3 is 2.43 bits per heavy atom. The van der Waals surface area contributed by atoms with E-state index in [2.05, 4.69) is 16.0 Å². The minimum absolute atomic E-state index is 0.227. The van der Waals surface area contributed by atoms with Crippen molar-refractivity contribution in [2.24, 2.45) is 5.92 Å². The van der Waals surface area contributed by atoms with Crippen molar-refractivity contribution >= 4 is 23.4 Å². The lowest BCUT2D eigenvalue weighted by atomic mass is 10.2. The molecular weight excluding hydrogens is 384 g/mol. The van der Waals surface area contributed by atoms with Crippen LogP contribution in [0.2, 0.25) is 5.15 Å². The normalized spacial score (nSPS) is 10.6. The molecule has 2 aromatic rings. The lowest BCUT2D eigenvalue weighted by Crippen LogP contribution is -2.44. The number of carbonyl (C=O) groups is 2. The van der Waals surface area contributed by atoms with Crippen LogP contribution in [0.25, 0.3) is 0 Å². The smallest absolute Gasteiger partial charge is 0.276 e. The van der Waals surface area contributed by atoms with Gasteiger partial charge in [-0.15, -0.1) is 0 Å². The minimum Gasteiger partial charge on any atom is -0.490 e. The minimum atomic E-state index is -0.541. The zero-order valence-electron chi connectivity index (χ0n) is 16.4. The largest absolute Gasteiger partial charge is 0.490 e. The Bertz CT molecular complexity index is 835. The van der Waals surface area contributed by atoms with Gasteiger partial charge in [0.05, 0.1) is 12.3 Å². The van der Waals surface area contributed by atoms with Crippen molar-refractivity contribution in [1.29, 1.82) is 0 Å². The summed E-state index contributed by atoms with van der Waals surface area (Å²) in [6.45, 7) is 8.37. The lowest BCUT2D eigenvalue weighted by molar-refractivity contribution is -0.123. The predicted molar refractivity (Wildman–Crippen MR) is 106 cm³/mol. The number of para-hydroxylation sites is 2. The second kappa shape index (κ2) is 9.98. The zero-order chi connectivity index (χ0) is 20.7. The monoisotopic (exact) mass is 408 g/mol. The van der Waals surface area contributed by atoms with E-state index in [1.165, 1.54) is 0 Å². The standard InChI is InChI=1S/C19H25ClN4O4/c1-5-27-14-8-6-7-9-15(14)28-11-16(25)21-22-19(26)17-13(4)23-24(18(17)20)10-12(2)3/h6-9,12H,5,10-11H2,1-4H3,(H,21,25)(H,22,26). The number of aryl methyl sites for hydroxylation is 1. The Morgan fingerprint density at radius 1 is 1.18 bits per heavy atom. The third kappa shape index (κ3) is 5.63. The van der Waals surface area contributed by atoms with Crippen molar-refractivity contribution in [2.75, 3.05) is 13.2 Å². The zero-order valence-corrected chi connectivity index (χ0v) is 17.2. The van der Waals surface area contributed by atoms with E-state index < -0.39 is 11.8 Å². The Balaban J connectivity index is 1.91. The first-order valence-electron chi connectivity index (χ1n) is 9.00. The van der Waals surface area contributed by atoms with Crippen LogP contribution in [-0.2, 0) is 11.3 Å². The number of hydrogen-bond acceptors (Lipinski definition) is 5. The fraction of sp³-hybridized carbons (Fsp3) is 0.421. The van der Waals surface area contributed by atoms with Gasteiger partial charge < -0.3 is 9.47 Å². The van der Waals surface area contributed by atoms with E-state index in [1.807, 2.05) is 26.8 Å². The van der Waals surface area contributed by atoms with Crippen LogP contribution < -0.4 is 20.3 Å². The average Bonchev–Trinajstić information content (AvgIpc) is 2.92. The molecule has 0 aliphatic heterocycles. The highest BCUT2D eigenvalue weighted by Crippen LogP contribution is 2.26. The number of ether oxygens (including phenoxy) is 2. The van der Waals surface area contributed by atoms with Crippen LogP contribution in [0, 0.1) is 12.8 Å². The van der Waals surface area contributed by atoms with Crippen molar-refractivity contribution in [3.05, 3.63) is 40.7 Å². The van der Waals surface area contributed by atoms with Crippen LogP contribution in [0.5, 0.6) is 11.5 Å². The van der Waals surface area contributed by atoms with Crippen molar-refractivity contribution in [2.45, 2.75) is 34.2 Å². The summed E-state index contributed by atoms with van der Waals surface area (Å²) >= 11 is 6.26. The lowest BCUT2D eigenvalue weighted by Gasteiger charge is -2.12. The third-order valence-corrected chi connectivity index (χ3v) is 4.04. The molecule has 2 amide bonds. The van der Waals surface area contributed by atoms with Crippen LogP contribution in [0.1, 0.15) is 36.8 Å². The fourth-order valence-corrected chi connectivity index (χ4v) is 2.82. The summed E-state index contributed by atoms with van der Waals surface area (Å²) in [7, 11) is 0. The van der Waals surface area contributed by atoms with E-state index >= 15 is 0 Å². The van der Waals surface area contributed by atoms with Gasteiger partial charge in [0, 0.05) is 6.54 Å². The molecule has 1 heterocycles. The molecule has 9 heteroatoms. The molecule has 0 fully saturated rings. The van der Waals surface area contributed by atoms with Gasteiger partial charge in [0.2, 0.25) is 0 Å². The van der Waals surface area contributed by atoms with Gasteiger partial charge in [-0.3, -0.25) is 25.1 Å². The molecule has 0 atom stereocenters. The van der Waals surface area contributed by atoms with E-state index in [0.717, 1.165) is 0 Å². The van der Waals surface area contributed by atoms with Crippen LogP contribution in [0.15, 0.2) is 24.3 Å². The predicted octanol–water partition coefficient (Wildman–Crippen LogP) is 2.74. The van der Waals surface area contributed by atoms with Gasteiger partial charge in [-0.25, -0.2) is 0 Å². The van der Waals surface area contributed by atoms with Crippen molar-refractivity contribution < 1.29 is 19.1 Å². The molecule has 0 aliphatic rings. The Kier molecular flexibility index (Phi) is 7.69. The quantitative estimate of drug-likeness (QED) is 0.655. The second-order valence-electron chi connectivity index (χ2n) is 6.50. The summed E-state index contributed by atoms with van der Waals surface area (Å²) in [5.74, 6) is 0.245. The number of carbonyl (C=O) groups excluding carboxylic acids is 2. The first kappa shape index (κ1) is 21.6. The molecule has 0 saturated carbocycles. The number of hydrazine groups is 1. The maximum absolute atomic E-state index is 12.4. The average molecular weight is 409 g/mol. The number of halogens is 1. The first-order chi connectivity index (χ1) is 13.3. The van der Waals surface area contributed by atoms with E-state index in [-0.39, 0.29) is 17.3 Å². The fourth-order valence-electron chi connectivity index (χ4n) is 2.49. The SMILES string of the molecule is CCOc1ccccc1OCC(=O)NNC(=O)c1c(C)nn(CC(C)C)c1Cl. The molecule has 28 heavy (non-hydrogen) atoms. The molecule has 0 radical (unpaired) electrons. The summed E-state index contributed by atoms with van der Waals surface area (Å²) in [4.78, 5) is 24.4. The highest BCUT2D eigenvalue weighted by molar-refractivity contribution is 6.33. The molecule has 2 N–H and O–H groups in total. The highest BCUT2D eigenvalue weighted by Gasteiger charge is 2.21. The molecule has 0 bridgehead atoms. The summed E-state index contributed by atoms with van der Waals surface area (Å²) in [5, 5.41) is 4.51. The number of nitrogens with one attached hydrogen (secondary N) is 2. The van der Waals surface area contributed by atoms with Crippen LogP contribution >= 0.6 is 11.6 Å². The number of amides is 2. The van der Waals surface area contributed by atoms with Gasteiger partial charge in [-0.2, -0.15) is 5.10 Å². The van der Waals surface area contributed by atoms with Gasteiger partial charge in [-0.05, 0) is 31.9 Å². The van der Waals surface area contributed by atoms with Gasteiger partial charge in [0.15, 0.2) is 18.1 Å². The van der Waals surface area contributed by atoms with Crippen LogP contribution in [-0.4, -0.2) is 34.8 Å². The van der Waals surface area contributed by atoms with E-state index in [1.54, 1.807) is 29.8 Å². The van der Waals surface area contributed by atoms with Gasteiger partial charge >= 0.3 is 0 Å². The van der Waals surface area contributed by atoms with Crippen molar-refractivity contribution in [3.63, 3.8) is 0 Å². The van der Waals surface area contributed by atoms with E-state index in [0.29, 0.717) is 36.3 Å². The van der Waals surface area contributed by atoms with Crippen LogP contribution in [0.3, 0.4) is 0 Å². The second-order valence-corrected chi connectivity index (χ2v) is 6.86. The highest BCUT2D eigenvalue weighted by atomic mass is 35.5. The number of hydrogen-bond donors (Lipinski definition) is 2. The number of rotatable bonds is 8. The molecular formula is C19H25ClN4O4.